The Labute approximate surface area is 232 Å². The predicted molar refractivity (Wildman–Crippen MR) is 154 cm³/mol. The molecule has 3 saturated heterocycles. The molecule has 0 radical (unpaired) electrons. The van der Waals surface area contributed by atoms with Gasteiger partial charge in [0, 0.05) is 55.8 Å². The molecule has 0 N–H and O–H groups in total. The molecule has 8 nitrogen and oxygen atoms in total. The molecule has 1 aromatic carbocycles. The number of sulfone groups is 1. The van der Waals surface area contributed by atoms with Crippen molar-refractivity contribution < 1.29 is 13.2 Å². The van der Waals surface area contributed by atoms with Crippen molar-refractivity contribution in [1.82, 2.24) is 24.3 Å². The number of rotatable bonds is 5. The quantitative estimate of drug-likeness (QED) is 0.471. The molecule has 5 heterocycles. The highest BCUT2D eigenvalue weighted by molar-refractivity contribution is 7.90. The van der Waals surface area contributed by atoms with Gasteiger partial charge in [0.25, 0.3) is 0 Å². The second-order valence-electron chi connectivity index (χ2n) is 11.7. The van der Waals surface area contributed by atoms with Gasteiger partial charge in [-0.15, -0.1) is 0 Å². The Kier molecular flexibility index (Phi) is 7.52. The van der Waals surface area contributed by atoms with Crippen LogP contribution in [0.15, 0.2) is 35.2 Å². The summed E-state index contributed by atoms with van der Waals surface area (Å²) in [4.78, 5) is 15.8. The fourth-order valence-electron chi connectivity index (χ4n) is 6.87. The Balaban J connectivity index is 1.12. The second-order valence-corrected chi connectivity index (χ2v) is 13.8. The highest BCUT2D eigenvalue weighted by Gasteiger charge is 2.32. The van der Waals surface area contributed by atoms with Gasteiger partial charge in [-0.25, -0.2) is 18.4 Å². The first-order valence-corrected chi connectivity index (χ1v) is 16.4. The summed E-state index contributed by atoms with van der Waals surface area (Å²) in [6, 6.07) is 10.6. The highest BCUT2D eigenvalue weighted by atomic mass is 32.2. The van der Waals surface area contributed by atoms with Gasteiger partial charge in [-0.3, -0.25) is 0 Å². The van der Waals surface area contributed by atoms with E-state index in [1.54, 1.807) is 12.1 Å². The minimum Gasteiger partial charge on any atom is -0.381 e. The maximum absolute atomic E-state index is 11.9. The van der Waals surface area contributed by atoms with Crippen LogP contribution in [-0.2, 0) is 21.6 Å². The van der Waals surface area contributed by atoms with Crippen molar-refractivity contribution in [2.45, 2.75) is 68.3 Å². The number of likely N-dealkylation sites (tertiary alicyclic amines) is 2. The molecule has 9 heteroatoms. The zero-order valence-electron chi connectivity index (χ0n) is 23.5. The molecule has 0 bridgehead atoms. The van der Waals surface area contributed by atoms with Gasteiger partial charge in [-0.1, -0.05) is 0 Å². The molecule has 6 rings (SSSR count). The Hall–Kier alpha value is -2.33. The molecule has 3 aromatic rings. The van der Waals surface area contributed by atoms with Crippen LogP contribution < -0.4 is 0 Å². The fraction of sp³-hybridized carbons (Fsp3) is 0.600. The molecule has 2 aromatic heterocycles. The van der Waals surface area contributed by atoms with Crippen LogP contribution in [0.5, 0.6) is 0 Å². The molecule has 210 valence electrons. The van der Waals surface area contributed by atoms with Crippen LogP contribution in [0.25, 0.3) is 22.6 Å². The lowest BCUT2D eigenvalue weighted by molar-refractivity contribution is 0.0104. The molecule has 0 unspecified atom stereocenters. The number of aryl methyl sites for hydroxylation is 2. The molecular weight excluding hydrogens is 510 g/mol. The summed E-state index contributed by atoms with van der Waals surface area (Å²) in [5, 5.41) is 0. The lowest BCUT2D eigenvalue weighted by atomic mass is 9.90. The standard InChI is InChI=1S/C30H41N5O3S/c1-21-20-27(31-30-28(21)32-29(33(30)2)23-4-6-26(7-5-23)39(3,36)37)22-8-14-34(15-9-22)24-10-16-35(17-11-24)25-12-18-38-19-13-25/h4-7,20,22,24-25H,8-19H2,1-3H3. The van der Waals surface area contributed by atoms with E-state index in [0.29, 0.717) is 16.9 Å². The summed E-state index contributed by atoms with van der Waals surface area (Å²) in [5.74, 6) is 1.28. The van der Waals surface area contributed by atoms with Gasteiger partial charge in [-0.05, 0) is 108 Å². The van der Waals surface area contributed by atoms with E-state index < -0.39 is 9.84 Å². The van der Waals surface area contributed by atoms with E-state index >= 15 is 0 Å². The summed E-state index contributed by atoms with van der Waals surface area (Å²) < 4.78 is 31.3. The van der Waals surface area contributed by atoms with Crippen LogP contribution in [0.3, 0.4) is 0 Å². The van der Waals surface area contributed by atoms with Gasteiger partial charge in [0.15, 0.2) is 15.5 Å². The van der Waals surface area contributed by atoms with Crippen molar-refractivity contribution in [1.29, 1.82) is 0 Å². The van der Waals surface area contributed by atoms with Gasteiger partial charge >= 0.3 is 0 Å². The summed E-state index contributed by atoms with van der Waals surface area (Å²) in [6.07, 6.45) is 8.49. The number of piperidine rings is 2. The van der Waals surface area contributed by atoms with Crippen molar-refractivity contribution >= 4 is 21.0 Å². The van der Waals surface area contributed by atoms with Crippen LogP contribution in [0.1, 0.15) is 55.7 Å². The lowest BCUT2D eigenvalue weighted by Crippen LogP contribution is -2.50. The fourth-order valence-corrected chi connectivity index (χ4v) is 7.50. The maximum atomic E-state index is 11.9. The van der Waals surface area contributed by atoms with Crippen LogP contribution in [-0.4, -0.2) is 90.5 Å². The first-order valence-electron chi connectivity index (χ1n) is 14.5. The highest BCUT2D eigenvalue weighted by Crippen LogP contribution is 2.33. The average molecular weight is 552 g/mol. The van der Waals surface area contributed by atoms with Crippen molar-refractivity contribution in [3.63, 3.8) is 0 Å². The van der Waals surface area contributed by atoms with Crippen LogP contribution in [0, 0.1) is 6.92 Å². The van der Waals surface area contributed by atoms with Crippen LogP contribution in [0.4, 0.5) is 0 Å². The third-order valence-electron chi connectivity index (χ3n) is 9.25. The van der Waals surface area contributed by atoms with Crippen molar-refractivity contribution in [3.05, 3.63) is 41.6 Å². The van der Waals surface area contributed by atoms with Gasteiger partial charge in [0.1, 0.15) is 11.3 Å². The Morgan fingerprint density at radius 3 is 2.05 bits per heavy atom. The number of imidazole rings is 1. The first-order chi connectivity index (χ1) is 18.8. The van der Waals surface area contributed by atoms with E-state index in [2.05, 4.69) is 22.8 Å². The number of fused-ring (bicyclic) bond motifs is 1. The van der Waals surface area contributed by atoms with Crippen molar-refractivity contribution in [3.8, 4) is 11.4 Å². The molecule has 0 aliphatic carbocycles. The number of pyridine rings is 1. The van der Waals surface area contributed by atoms with Crippen LogP contribution in [0.2, 0.25) is 0 Å². The SMILES string of the molecule is Cc1cc(C2CCN(C3CCN(C4CCOCC4)CC3)CC2)nc2c1nc(-c1ccc(S(C)(=O)=O)cc1)n2C. The average Bonchev–Trinajstić information content (AvgIpc) is 3.30. The number of aromatic nitrogens is 3. The third kappa shape index (κ3) is 5.51. The monoisotopic (exact) mass is 551 g/mol. The third-order valence-corrected chi connectivity index (χ3v) is 10.4. The number of hydrogen-bond donors (Lipinski definition) is 0. The first kappa shape index (κ1) is 26.9. The molecule has 3 fully saturated rings. The molecular formula is C30H41N5O3S. The van der Waals surface area contributed by atoms with Gasteiger partial charge in [-0.2, -0.15) is 0 Å². The summed E-state index contributed by atoms with van der Waals surface area (Å²) in [5.41, 5.74) is 5.02. The summed E-state index contributed by atoms with van der Waals surface area (Å²) in [7, 11) is -1.23. The Bertz CT molecular complexity index is 1410. The molecule has 3 aliphatic rings. The number of hydrogen-bond acceptors (Lipinski definition) is 7. The summed E-state index contributed by atoms with van der Waals surface area (Å²) in [6.45, 7) is 8.73. The van der Waals surface area contributed by atoms with Gasteiger partial charge < -0.3 is 19.1 Å². The van der Waals surface area contributed by atoms with E-state index in [9.17, 15) is 8.42 Å². The van der Waals surface area contributed by atoms with Gasteiger partial charge in [0.05, 0.1) is 4.90 Å². The molecule has 0 saturated carbocycles. The Morgan fingerprint density at radius 1 is 0.846 bits per heavy atom. The maximum Gasteiger partial charge on any atom is 0.175 e. The number of nitrogens with zero attached hydrogens (tertiary/aromatic N) is 5. The molecule has 0 atom stereocenters. The van der Waals surface area contributed by atoms with Gasteiger partial charge in [0.2, 0.25) is 0 Å². The zero-order valence-corrected chi connectivity index (χ0v) is 24.3. The minimum absolute atomic E-state index is 0.317. The zero-order chi connectivity index (χ0) is 27.1. The van der Waals surface area contributed by atoms with Crippen LogP contribution >= 0.6 is 0 Å². The smallest absolute Gasteiger partial charge is 0.175 e. The normalized spacial score (nSPS) is 21.6. The Morgan fingerprint density at radius 2 is 1.44 bits per heavy atom. The van der Waals surface area contributed by atoms with E-state index in [0.717, 1.165) is 73.3 Å². The second kappa shape index (κ2) is 10.9. The topological polar surface area (TPSA) is 80.6 Å². The molecule has 3 aliphatic heterocycles. The molecule has 0 amide bonds. The lowest BCUT2D eigenvalue weighted by Gasteiger charge is -2.44. The van der Waals surface area contributed by atoms with Crippen molar-refractivity contribution in [2.75, 3.05) is 45.6 Å². The molecule has 39 heavy (non-hydrogen) atoms. The number of ether oxygens (including phenoxy) is 1. The number of benzene rings is 1. The van der Waals surface area contributed by atoms with E-state index in [-0.39, 0.29) is 0 Å². The minimum atomic E-state index is -3.23. The van der Waals surface area contributed by atoms with E-state index in [4.69, 9.17) is 14.7 Å². The summed E-state index contributed by atoms with van der Waals surface area (Å²) >= 11 is 0. The predicted octanol–water partition coefficient (Wildman–Crippen LogP) is 4.17. The van der Waals surface area contributed by atoms with E-state index in [1.165, 1.54) is 50.7 Å². The van der Waals surface area contributed by atoms with E-state index in [1.807, 2.05) is 23.7 Å². The van der Waals surface area contributed by atoms with Crippen molar-refractivity contribution in [2.24, 2.45) is 7.05 Å². The largest absolute Gasteiger partial charge is 0.381 e. The molecule has 0 spiro atoms.